The minimum absolute atomic E-state index is 0.0416. The van der Waals surface area contributed by atoms with Crippen LogP contribution < -0.4 is 16.4 Å². The number of hydrogen-bond donors (Lipinski definition) is 3. The Morgan fingerprint density at radius 1 is 1.26 bits per heavy atom. The summed E-state index contributed by atoms with van der Waals surface area (Å²) in [6.07, 6.45) is 1.96. The summed E-state index contributed by atoms with van der Waals surface area (Å²) in [4.78, 5) is 34.1. The van der Waals surface area contributed by atoms with E-state index in [0.29, 0.717) is 12.2 Å². The summed E-state index contributed by atoms with van der Waals surface area (Å²) in [7, 11) is 0. The van der Waals surface area contributed by atoms with Gasteiger partial charge in [0.05, 0.1) is 11.7 Å². The average Bonchev–Trinajstić information content (AvgIpc) is 3.04. The SMILES string of the molecule is NC(=O)Nc1ccc(C(=O)OCC(=O)NC[C@@H]2CCCO2)cc1. The van der Waals surface area contributed by atoms with Crippen molar-refractivity contribution in [1.82, 2.24) is 5.32 Å². The first-order chi connectivity index (χ1) is 11.0. The fraction of sp³-hybridized carbons (Fsp3) is 0.400. The minimum atomic E-state index is -0.691. The first-order valence-corrected chi connectivity index (χ1v) is 7.26. The van der Waals surface area contributed by atoms with Crippen molar-refractivity contribution in [3.63, 3.8) is 0 Å². The Kier molecular flexibility index (Phi) is 5.93. The van der Waals surface area contributed by atoms with Crippen molar-refractivity contribution >= 4 is 23.6 Å². The van der Waals surface area contributed by atoms with Crippen molar-refractivity contribution in [2.24, 2.45) is 5.73 Å². The normalized spacial score (nSPS) is 16.6. The summed E-state index contributed by atoms with van der Waals surface area (Å²) >= 11 is 0. The predicted molar refractivity (Wildman–Crippen MR) is 81.9 cm³/mol. The second kappa shape index (κ2) is 8.14. The molecule has 0 radical (unpaired) electrons. The van der Waals surface area contributed by atoms with E-state index in [-0.39, 0.29) is 24.2 Å². The maximum absolute atomic E-state index is 11.8. The number of rotatable bonds is 6. The molecule has 8 heteroatoms. The van der Waals surface area contributed by atoms with Gasteiger partial charge < -0.3 is 25.8 Å². The zero-order valence-corrected chi connectivity index (χ0v) is 12.5. The number of benzene rings is 1. The molecule has 0 aliphatic carbocycles. The van der Waals surface area contributed by atoms with Gasteiger partial charge >= 0.3 is 12.0 Å². The number of amides is 3. The molecular weight excluding hydrogens is 302 g/mol. The van der Waals surface area contributed by atoms with Crippen LogP contribution in [0.5, 0.6) is 0 Å². The van der Waals surface area contributed by atoms with Crippen LogP contribution >= 0.6 is 0 Å². The van der Waals surface area contributed by atoms with Gasteiger partial charge in [-0.3, -0.25) is 4.79 Å². The number of ether oxygens (including phenoxy) is 2. The molecule has 3 amide bonds. The Hall–Kier alpha value is -2.61. The van der Waals surface area contributed by atoms with E-state index in [1.54, 1.807) is 0 Å². The lowest BCUT2D eigenvalue weighted by atomic mass is 10.2. The van der Waals surface area contributed by atoms with E-state index in [1.165, 1.54) is 24.3 Å². The summed E-state index contributed by atoms with van der Waals surface area (Å²) < 4.78 is 10.3. The molecule has 1 fully saturated rings. The van der Waals surface area contributed by atoms with Crippen molar-refractivity contribution in [2.45, 2.75) is 18.9 Å². The second-order valence-electron chi connectivity index (χ2n) is 5.08. The van der Waals surface area contributed by atoms with Crippen LogP contribution in [0, 0.1) is 0 Å². The summed E-state index contributed by atoms with van der Waals surface area (Å²) in [6.45, 7) is 0.785. The molecule has 2 rings (SSSR count). The van der Waals surface area contributed by atoms with Gasteiger partial charge in [-0.1, -0.05) is 0 Å². The van der Waals surface area contributed by atoms with Crippen molar-refractivity contribution in [3.8, 4) is 0 Å². The summed E-state index contributed by atoms with van der Waals surface area (Å²) in [6, 6.07) is 5.27. The Bertz CT molecular complexity index is 567. The Labute approximate surface area is 133 Å². The van der Waals surface area contributed by atoms with Crippen molar-refractivity contribution in [2.75, 3.05) is 25.1 Å². The molecule has 23 heavy (non-hydrogen) atoms. The number of carbonyl (C=O) groups excluding carboxylic acids is 3. The van der Waals surface area contributed by atoms with Crippen LogP contribution in [0.25, 0.3) is 0 Å². The zero-order chi connectivity index (χ0) is 16.7. The molecule has 4 N–H and O–H groups in total. The van der Waals surface area contributed by atoms with Gasteiger partial charge in [0.1, 0.15) is 0 Å². The van der Waals surface area contributed by atoms with E-state index in [1.807, 2.05) is 0 Å². The van der Waals surface area contributed by atoms with Crippen molar-refractivity contribution in [3.05, 3.63) is 29.8 Å². The number of anilines is 1. The van der Waals surface area contributed by atoms with Gasteiger partial charge in [-0.05, 0) is 37.1 Å². The molecule has 1 heterocycles. The highest BCUT2D eigenvalue weighted by molar-refractivity contribution is 5.93. The molecule has 0 saturated carbocycles. The van der Waals surface area contributed by atoms with Crippen LogP contribution in [-0.4, -0.2) is 43.8 Å². The van der Waals surface area contributed by atoms with Gasteiger partial charge in [0.15, 0.2) is 6.61 Å². The van der Waals surface area contributed by atoms with E-state index in [2.05, 4.69) is 10.6 Å². The van der Waals surface area contributed by atoms with Gasteiger partial charge in [-0.25, -0.2) is 9.59 Å². The Morgan fingerprint density at radius 2 is 2.00 bits per heavy atom. The first kappa shape index (κ1) is 16.8. The van der Waals surface area contributed by atoms with Crippen molar-refractivity contribution in [1.29, 1.82) is 0 Å². The van der Waals surface area contributed by atoms with Crippen LogP contribution in [0.1, 0.15) is 23.2 Å². The highest BCUT2D eigenvalue weighted by Crippen LogP contribution is 2.11. The van der Waals surface area contributed by atoms with Gasteiger partial charge in [0.25, 0.3) is 5.91 Å². The molecule has 0 spiro atoms. The molecule has 0 aromatic heterocycles. The van der Waals surface area contributed by atoms with Gasteiger partial charge in [0.2, 0.25) is 0 Å². The van der Waals surface area contributed by atoms with E-state index in [9.17, 15) is 14.4 Å². The number of carbonyl (C=O) groups is 3. The number of nitrogens with one attached hydrogen (secondary N) is 2. The van der Waals surface area contributed by atoms with Crippen LogP contribution in [0.3, 0.4) is 0 Å². The Balaban J connectivity index is 1.72. The highest BCUT2D eigenvalue weighted by atomic mass is 16.5. The standard InChI is InChI=1S/C15H19N3O5/c16-15(21)18-11-5-3-10(4-6-11)14(20)23-9-13(19)17-8-12-2-1-7-22-12/h3-6,12H,1-2,7-9H2,(H,17,19)(H3,16,18,21)/t12-/m0/s1. The number of urea groups is 1. The smallest absolute Gasteiger partial charge is 0.338 e. The maximum atomic E-state index is 11.8. The summed E-state index contributed by atoms with van der Waals surface area (Å²) in [5.74, 6) is -0.997. The minimum Gasteiger partial charge on any atom is -0.452 e. The predicted octanol–water partition coefficient (Wildman–Crippen LogP) is 0.629. The molecule has 0 unspecified atom stereocenters. The van der Waals surface area contributed by atoms with Gasteiger partial charge in [-0.2, -0.15) is 0 Å². The van der Waals surface area contributed by atoms with Crippen LogP contribution in [0.2, 0.25) is 0 Å². The lowest BCUT2D eigenvalue weighted by molar-refractivity contribution is -0.124. The van der Waals surface area contributed by atoms with E-state index in [4.69, 9.17) is 15.2 Å². The molecule has 1 aliphatic heterocycles. The molecule has 1 atom stereocenters. The largest absolute Gasteiger partial charge is 0.452 e. The Morgan fingerprint density at radius 3 is 2.61 bits per heavy atom. The lowest BCUT2D eigenvalue weighted by Gasteiger charge is -2.11. The fourth-order valence-corrected chi connectivity index (χ4v) is 2.13. The second-order valence-corrected chi connectivity index (χ2v) is 5.08. The van der Waals surface area contributed by atoms with E-state index in [0.717, 1.165) is 19.4 Å². The third-order valence-electron chi connectivity index (χ3n) is 3.27. The monoisotopic (exact) mass is 321 g/mol. The average molecular weight is 321 g/mol. The first-order valence-electron chi connectivity index (χ1n) is 7.26. The molecule has 124 valence electrons. The quantitative estimate of drug-likeness (QED) is 0.664. The van der Waals surface area contributed by atoms with E-state index < -0.39 is 12.0 Å². The van der Waals surface area contributed by atoms with Crippen LogP contribution in [-0.2, 0) is 14.3 Å². The number of primary amides is 1. The van der Waals surface area contributed by atoms with Crippen molar-refractivity contribution < 1.29 is 23.9 Å². The zero-order valence-electron chi connectivity index (χ0n) is 12.5. The topological polar surface area (TPSA) is 120 Å². The van der Waals surface area contributed by atoms with Crippen LogP contribution in [0.15, 0.2) is 24.3 Å². The lowest BCUT2D eigenvalue weighted by Crippen LogP contribution is -2.34. The van der Waals surface area contributed by atoms with Crippen LogP contribution in [0.4, 0.5) is 10.5 Å². The molecule has 1 saturated heterocycles. The fourth-order valence-electron chi connectivity index (χ4n) is 2.13. The molecule has 1 aliphatic rings. The third kappa shape index (κ3) is 5.59. The highest BCUT2D eigenvalue weighted by Gasteiger charge is 2.17. The van der Waals surface area contributed by atoms with Gasteiger partial charge in [0, 0.05) is 18.8 Å². The molecule has 0 bridgehead atoms. The molecule has 1 aromatic carbocycles. The molecule has 1 aromatic rings. The summed E-state index contributed by atoms with van der Waals surface area (Å²) in [5.41, 5.74) is 5.71. The van der Waals surface area contributed by atoms with Gasteiger partial charge in [-0.15, -0.1) is 0 Å². The molecule has 8 nitrogen and oxygen atoms in total. The maximum Gasteiger partial charge on any atom is 0.338 e. The number of esters is 1. The third-order valence-corrected chi connectivity index (χ3v) is 3.27. The number of hydrogen-bond acceptors (Lipinski definition) is 5. The van der Waals surface area contributed by atoms with E-state index >= 15 is 0 Å². The number of nitrogens with two attached hydrogens (primary N) is 1. The molecular formula is C15H19N3O5. The summed E-state index contributed by atoms with van der Waals surface area (Å²) in [5, 5.41) is 5.03.